The number of alkyl halides is 2. The minimum Gasteiger partial charge on any atom is -0.396 e. The van der Waals surface area contributed by atoms with Crippen molar-refractivity contribution in [3.8, 4) is 0 Å². The van der Waals surface area contributed by atoms with Crippen molar-refractivity contribution >= 4 is 23.2 Å². The molecule has 1 atom stereocenters. The van der Waals surface area contributed by atoms with Crippen LogP contribution in [-0.2, 0) is 0 Å². The van der Waals surface area contributed by atoms with E-state index in [1.165, 1.54) is 0 Å². The molecule has 0 radical (unpaired) electrons. The zero-order valence-corrected chi connectivity index (χ0v) is 8.35. The number of nitrogens with zero attached hydrogens (tertiary/aromatic N) is 1. The standard InChI is InChI=1S/C8H13Cl2NO/c9-8(10)1-7(8)4-11-2-6(3-11)5-12/h6-7,12H,1-5H2. The van der Waals surface area contributed by atoms with Crippen LogP contribution < -0.4 is 0 Å². The monoisotopic (exact) mass is 209 g/mol. The first-order chi connectivity index (χ1) is 5.62. The number of hydrogen-bond acceptors (Lipinski definition) is 2. The van der Waals surface area contributed by atoms with E-state index >= 15 is 0 Å². The van der Waals surface area contributed by atoms with Crippen LogP contribution in [0.4, 0.5) is 0 Å². The Morgan fingerprint density at radius 3 is 2.42 bits per heavy atom. The van der Waals surface area contributed by atoms with Gasteiger partial charge in [0.15, 0.2) is 0 Å². The van der Waals surface area contributed by atoms with Crippen LogP contribution in [0, 0.1) is 11.8 Å². The van der Waals surface area contributed by atoms with Crippen molar-refractivity contribution in [1.82, 2.24) is 4.90 Å². The molecule has 1 aliphatic carbocycles. The van der Waals surface area contributed by atoms with E-state index in [4.69, 9.17) is 28.3 Å². The summed E-state index contributed by atoms with van der Waals surface area (Å²) >= 11 is 11.8. The van der Waals surface area contributed by atoms with Crippen LogP contribution in [0.2, 0.25) is 0 Å². The van der Waals surface area contributed by atoms with Gasteiger partial charge in [0.1, 0.15) is 4.33 Å². The first-order valence-electron chi connectivity index (χ1n) is 4.33. The molecule has 2 rings (SSSR count). The Hall–Kier alpha value is 0.500. The predicted octanol–water partition coefficient (Wildman–Crippen LogP) is 1.10. The molecule has 0 aromatic rings. The van der Waals surface area contributed by atoms with E-state index < -0.39 is 4.33 Å². The zero-order chi connectivity index (χ0) is 8.77. The van der Waals surface area contributed by atoms with Gasteiger partial charge in [-0.25, -0.2) is 0 Å². The highest BCUT2D eigenvalue weighted by Gasteiger charge is 2.52. The molecule has 0 spiro atoms. The SMILES string of the molecule is OCC1CN(CC2CC2(Cl)Cl)C1. The largest absolute Gasteiger partial charge is 0.396 e. The van der Waals surface area contributed by atoms with E-state index in [1.54, 1.807) is 0 Å². The van der Waals surface area contributed by atoms with Crippen LogP contribution in [0.5, 0.6) is 0 Å². The Kier molecular flexibility index (Phi) is 2.28. The maximum Gasteiger partial charge on any atom is 0.122 e. The minimum atomic E-state index is -0.440. The Morgan fingerprint density at radius 2 is 2.00 bits per heavy atom. The molecule has 0 aromatic carbocycles. The highest BCUT2D eigenvalue weighted by molar-refractivity contribution is 6.50. The lowest BCUT2D eigenvalue weighted by Crippen LogP contribution is -2.49. The van der Waals surface area contributed by atoms with Gasteiger partial charge in [-0.1, -0.05) is 0 Å². The third-order valence-corrected chi connectivity index (χ3v) is 3.65. The molecule has 2 nitrogen and oxygen atoms in total. The summed E-state index contributed by atoms with van der Waals surface area (Å²) in [5.74, 6) is 0.948. The third kappa shape index (κ3) is 1.72. The van der Waals surface area contributed by atoms with Gasteiger partial charge in [0, 0.05) is 38.1 Å². The van der Waals surface area contributed by atoms with E-state index in [0.29, 0.717) is 18.4 Å². The van der Waals surface area contributed by atoms with Crippen LogP contribution in [-0.4, -0.2) is 40.6 Å². The quantitative estimate of drug-likeness (QED) is 0.705. The second-order valence-electron chi connectivity index (χ2n) is 3.93. The molecule has 1 saturated carbocycles. The van der Waals surface area contributed by atoms with Gasteiger partial charge in [-0.2, -0.15) is 0 Å². The van der Waals surface area contributed by atoms with Crippen molar-refractivity contribution in [2.45, 2.75) is 10.8 Å². The van der Waals surface area contributed by atoms with Crippen molar-refractivity contribution in [1.29, 1.82) is 0 Å². The van der Waals surface area contributed by atoms with Crippen LogP contribution in [0.25, 0.3) is 0 Å². The van der Waals surface area contributed by atoms with Crippen LogP contribution >= 0.6 is 23.2 Å². The first kappa shape index (κ1) is 9.07. The van der Waals surface area contributed by atoms with E-state index in [0.717, 1.165) is 26.1 Å². The molecule has 1 unspecified atom stereocenters. The van der Waals surface area contributed by atoms with Crippen molar-refractivity contribution in [3.05, 3.63) is 0 Å². The molecule has 0 bridgehead atoms. The first-order valence-corrected chi connectivity index (χ1v) is 5.08. The van der Waals surface area contributed by atoms with Crippen LogP contribution in [0.3, 0.4) is 0 Å². The zero-order valence-electron chi connectivity index (χ0n) is 6.84. The Bertz CT molecular complexity index is 180. The van der Waals surface area contributed by atoms with E-state index in [-0.39, 0.29) is 0 Å². The summed E-state index contributed by atoms with van der Waals surface area (Å²) in [6, 6.07) is 0. The molecule has 12 heavy (non-hydrogen) atoms. The lowest BCUT2D eigenvalue weighted by Gasteiger charge is -2.38. The fourth-order valence-corrected chi connectivity index (χ4v) is 2.23. The Labute approximate surface area is 82.4 Å². The highest BCUT2D eigenvalue weighted by atomic mass is 35.5. The van der Waals surface area contributed by atoms with Crippen molar-refractivity contribution < 1.29 is 5.11 Å². The Morgan fingerprint density at radius 1 is 1.42 bits per heavy atom. The summed E-state index contributed by atoms with van der Waals surface area (Å²) in [6.45, 7) is 3.34. The van der Waals surface area contributed by atoms with E-state index in [9.17, 15) is 0 Å². The molecule has 0 aromatic heterocycles. The average Bonchev–Trinajstić information content (AvgIpc) is 2.49. The molecular weight excluding hydrogens is 197 g/mol. The van der Waals surface area contributed by atoms with Crippen molar-refractivity contribution in [2.75, 3.05) is 26.2 Å². The molecule has 0 amide bonds. The molecular formula is C8H13Cl2NO. The molecule has 70 valence electrons. The molecule has 1 heterocycles. The van der Waals surface area contributed by atoms with Gasteiger partial charge in [0.25, 0.3) is 0 Å². The molecule has 2 aliphatic rings. The van der Waals surface area contributed by atoms with Gasteiger partial charge >= 0.3 is 0 Å². The maximum absolute atomic E-state index is 8.78. The van der Waals surface area contributed by atoms with Gasteiger partial charge in [-0.3, -0.25) is 0 Å². The van der Waals surface area contributed by atoms with Gasteiger partial charge < -0.3 is 10.0 Å². The minimum absolute atomic E-state index is 0.314. The summed E-state index contributed by atoms with van der Waals surface area (Å²) in [5, 5.41) is 8.78. The van der Waals surface area contributed by atoms with Gasteiger partial charge in [0.05, 0.1) is 0 Å². The average molecular weight is 210 g/mol. The lowest BCUT2D eigenvalue weighted by atomic mass is 10.0. The van der Waals surface area contributed by atoms with Crippen molar-refractivity contribution in [2.24, 2.45) is 11.8 Å². The van der Waals surface area contributed by atoms with Gasteiger partial charge in [-0.15, -0.1) is 23.2 Å². The van der Waals surface area contributed by atoms with Gasteiger partial charge in [0.2, 0.25) is 0 Å². The topological polar surface area (TPSA) is 23.5 Å². The van der Waals surface area contributed by atoms with Crippen LogP contribution in [0.1, 0.15) is 6.42 Å². The second-order valence-corrected chi connectivity index (χ2v) is 5.47. The second kappa shape index (κ2) is 3.02. The number of hydrogen-bond donors (Lipinski definition) is 1. The van der Waals surface area contributed by atoms with E-state index in [2.05, 4.69) is 4.90 Å². The molecule has 1 N–H and O–H groups in total. The maximum atomic E-state index is 8.78. The fraction of sp³-hybridized carbons (Fsp3) is 1.00. The fourth-order valence-electron chi connectivity index (χ4n) is 1.72. The van der Waals surface area contributed by atoms with Crippen LogP contribution in [0.15, 0.2) is 0 Å². The Balaban J connectivity index is 1.65. The summed E-state index contributed by atoms with van der Waals surface area (Å²) in [7, 11) is 0. The number of likely N-dealkylation sites (tertiary alicyclic amines) is 1. The van der Waals surface area contributed by atoms with Crippen molar-refractivity contribution in [3.63, 3.8) is 0 Å². The molecule has 1 saturated heterocycles. The number of rotatable bonds is 3. The van der Waals surface area contributed by atoms with Gasteiger partial charge in [-0.05, 0) is 6.42 Å². The molecule has 1 aliphatic heterocycles. The molecule has 4 heteroatoms. The smallest absolute Gasteiger partial charge is 0.122 e. The highest BCUT2D eigenvalue weighted by Crippen LogP contribution is 2.53. The summed E-state index contributed by atoms with van der Waals surface area (Å²) in [6.07, 6.45) is 0.927. The number of aliphatic hydroxyl groups excluding tert-OH is 1. The summed E-state index contributed by atoms with van der Waals surface area (Å²) in [5.41, 5.74) is 0. The normalized spacial score (nSPS) is 34.8. The molecule has 2 fully saturated rings. The summed E-state index contributed by atoms with van der Waals surface area (Å²) in [4.78, 5) is 2.30. The number of halogens is 2. The van der Waals surface area contributed by atoms with E-state index in [1.807, 2.05) is 0 Å². The third-order valence-electron chi connectivity index (χ3n) is 2.73. The lowest BCUT2D eigenvalue weighted by molar-refractivity contribution is 0.0503. The predicted molar refractivity (Wildman–Crippen MR) is 49.6 cm³/mol. The summed E-state index contributed by atoms with van der Waals surface area (Å²) < 4.78 is -0.440. The number of aliphatic hydroxyl groups is 1.